The number of hydrogen-bond acceptors (Lipinski definition) is 3. The molecule has 2 aromatic rings. The lowest BCUT2D eigenvalue weighted by Crippen LogP contribution is -2.41. The molecule has 1 amide bonds. The van der Waals surface area contributed by atoms with Crippen molar-refractivity contribution in [1.29, 1.82) is 0 Å². The van der Waals surface area contributed by atoms with E-state index in [0.29, 0.717) is 31.4 Å². The fourth-order valence-corrected chi connectivity index (χ4v) is 5.90. The first-order valence-electron chi connectivity index (χ1n) is 10.8. The Morgan fingerprint density at radius 1 is 0.943 bits per heavy atom. The van der Waals surface area contributed by atoms with Crippen LogP contribution in [0.25, 0.3) is 0 Å². The third kappa shape index (κ3) is 5.18. The molecule has 0 bridgehead atoms. The van der Waals surface area contributed by atoms with Gasteiger partial charge in [0.25, 0.3) is 5.91 Å². The minimum atomic E-state index is -5.05. The highest BCUT2D eigenvalue weighted by Gasteiger charge is 2.56. The van der Waals surface area contributed by atoms with E-state index < -0.39 is 56.4 Å². The molecule has 2 aromatic carbocycles. The van der Waals surface area contributed by atoms with Gasteiger partial charge < -0.3 is 5.32 Å². The van der Waals surface area contributed by atoms with E-state index in [1.165, 1.54) is 16.4 Å². The van der Waals surface area contributed by atoms with Crippen LogP contribution >= 0.6 is 0 Å². The van der Waals surface area contributed by atoms with Crippen molar-refractivity contribution < 1.29 is 39.6 Å². The Hall–Kier alpha value is -2.60. The average Bonchev–Trinajstić information content (AvgIpc) is 3.43. The smallest absolute Gasteiger partial charge is 0.349 e. The monoisotopic (exact) mass is 520 g/mol. The molecule has 35 heavy (non-hydrogen) atoms. The minimum Gasteiger partial charge on any atom is -0.349 e. The van der Waals surface area contributed by atoms with Crippen molar-refractivity contribution >= 4 is 15.9 Å². The van der Waals surface area contributed by atoms with Gasteiger partial charge in [-0.05, 0) is 61.9 Å². The van der Waals surface area contributed by atoms with Crippen LogP contribution in [-0.4, -0.2) is 37.8 Å². The molecule has 1 heterocycles. The van der Waals surface area contributed by atoms with Crippen molar-refractivity contribution in [2.24, 2.45) is 5.41 Å². The predicted octanol–water partition coefficient (Wildman–Crippen LogP) is 5.01. The van der Waals surface area contributed by atoms with E-state index in [-0.39, 0.29) is 24.1 Å². The molecule has 2 aliphatic rings. The molecule has 2 fully saturated rings. The molecule has 1 N–H and O–H groups in total. The molecule has 1 spiro atoms. The van der Waals surface area contributed by atoms with E-state index in [4.69, 9.17) is 0 Å². The Morgan fingerprint density at radius 2 is 1.46 bits per heavy atom. The second-order valence-corrected chi connectivity index (χ2v) is 11.0. The predicted molar refractivity (Wildman–Crippen MR) is 114 cm³/mol. The first-order valence-corrected chi connectivity index (χ1v) is 12.2. The Bertz CT molecular complexity index is 1200. The summed E-state index contributed by atoms with van der Waals surface area (Å²) >= 11 is 0. The van der Waals surface area contributed by atoms with Crippen molar-refractivity contribution in [2.45, 2.75) is 49.5 Å². The topological polar surface area (TPSA) is 66.5 Å². The van der Waals surface area contributed by atoms with Crippen LogP contribution < -0.4 is 5.32 Å². The maximum absolute atomic E-state index is 13.1. The highest BCUT2D eigenvalue weighted by molar-refractivity contribution is 7.89. The lowest BCUT2D eigenvalue weighted by atomic mass is 9.94. The number of aryl methyl sites for hydroxylation is 1. The summed E-state index contributed by atoms with van der Waals surface area (Å²) in [5, 5.41) is 2.54. The van der Waals surface area contributed by atoms with Gasteiger partial charge in [-0.15, -0.1) is 0 Å². The Kier molecular flexibility index (Phi) is 6.20. The number of halogens is 6. The van der Waals surface area contributed by atoms with Gasteiger partial charge in [-0.3, -0.25) is 4.79 Å². The van der Waals surface area contributed by atoms with Gasteiger partial charge in [0.15, 0.2) is 0 Å². The van der Waals surface area contributed by atoms with Crippen LogP contribution in [0.4, 0.5) is 26.3 Å². The van der Waals surface area contributed by atoms with Crippen LogP contribution in [0.5, 0.6) is 0 Å². The number of piperidine rings is 1. The summed E-state index contributed by atoms with van der Waals surface area (Å²) in [4.78, 5) is 12.7. The maximum atomic E-state index is 13.1. The number of amides is 1. The molecule has 12 heteroatoms. The summed E-state index contributed by atoms with van der Waals surface area (Å²) < 4.78 is 106. The van der Waals surface area contributed by atoms with Gasteiger partial charge in [-0.25, -0.2) is 8.42 Å². The zero-order chi connectivity index (χ0) is 25.8. The molecule has 1 saturated heterocycles. The zero-order valence-electron chi connectivity index (χ0n) is 18.5. The molecule has 1 aliphatic heterocycles. The molecule has 1 unspecified atom stereocenters. The summed E-state index contributed by atoms with van der Waals surface area (Å²) in [6.45, 7) is 2.24. The van der Waals surface area contributed by atoms with Crippen LogP contribution in [0.3, 0.4) is 0 Å². The average molecular weight is 520 g/mol. The molecule has 190 valence electrons. The highest BCUT2D eigenvalue weighted by Crippen LogP contribution is 2.54. The Balaban J connectivity index is 1.43. The fraction of sp³-hybridized carbons (Fsp3) is 0.435. The number of hydrogen-bond donors (Lipinski definition) is 1. The van der Waals surface area contributed by atoms with E-state index in [1.807, 2.05) is 6.92 Å². The SMILES string of the molecule is Cc1ccc(S(=O)(=O)N2CCC3(CC2)CC3NC(=O)c2cc(C(F)(F)F)cc(C(F)(F)F)c2)cc1. The quantitative estimate of drug-likeness (QED) is 0.577. The number of sulfonamides is 1. The van der Waals surface area contributed by atoms with Crippen LogP contribution in [0, 0.1) is 12.3 Å². The summed E-state index contributed by atoms with van der Waals surface area (Å²) in [7, 11) is -3.69. The summed E-state index contributed by atoms with van der Waals surface area (Å²) in [6, 6.07) is 6.76. The molecule has 0 aromatic heterocycles. The van der Waals surface area contributed by atoms with Gasteiger partial charge >= 0.3 is 12.4 Å². The van der Waals surface area contributed by atoms with Gasteiger partial charge in [0, 0.05) is 24.7 Å². The summed E-state index contributed by atoms with van der Waals surface area (Å²) in [5.41, 5.74) is -3.35. The molecular formula is C23H22F6N2O3S. The standard InChI is InChI=1S/C23H22F6N2O3S/c1-14-2-4-18(5-3-14)35(33,34)31-8-6-21(7-9-31)13-19(21)30-20(32)15-10-16(22(24,25)26)12-17(11-15)23(27,28)29/h2-5,10-12,19H,6-9,13H2,1H3,(H,30,32). The van der Waals surface area contributed by atoms with E-state index in [2.05, 4.69) is 5.32 Å². The minimum absolute atomic E-state index is 0.0282. The number of nitrogens with one attached hydrogen (secondary N) is 1. The number of carbonyl (C=O) groups excluding carboxylic acids is 1. The second kappa shape index (κ2) is 8.51. The number of nitrogens with zero attached hydrogens (tertiary/aromatic N) is 1. The van der Waals surface area contributed by atoms with Gasteiger partial charge in [0.1, 0.15) is 0 Å². The molecule has 4 rings (SSSR count). The zero-order valence-corrected chi connectivity index (χ0v) is 19.3. The second-order valence-electron chi connectivity index (χ2n) is 9.10. The number of rotatable bonds is 4. The third-order valence-electron chi connectivity index (χ3n) is 6.72. The maximum Gasteiger partial charge on any atom is 0.416 e. The van der Waals surface area contributed by atoms with Gasteiger partial charge in [0.2, 0.25) is 10.0 Å². The molecule has 1 atom stereocenters. The highest BCUT2D eigenvalue weighted by atomic mass is 32.2. The lowest BCUT2D eigenvalue weighted by molar-refractivity contribution is -0.143. The third-order valence-corrected chi connectivity index (χ3v) is 8.63. The Morgan fingerprint density at radius 3 is 1.94 bits per heavy atom. The van der Waals surface area contributed by atoms with Crippen LogP contribution in [0.1, 0.15) is 46.3 Å². The molecular weight excluding hydrogens is 498 g/mol. The largest absolute Gasteiger partial charge is 0.416 e. The number of alkyl halides is 6. The van der Waals surface area contributed by atoms with Gasteiger partial charge in [-0.1, -0.05) is 17.7 Å². The Labute approximate surface area is 198 Å². The van der Waals surface area contributed by atoms with Crippen molar-refractivity contribution in [2.75, 3.05) is 13.1 Å². The number of carbonyl (C=O) groups is 1. The summed E-state index contributed by atoms with van der Waals surface area (Å²) in [5.74, 6) is -1.03. The molecule has 1 aliphatic carbocycles. The first kappa shape index (κ1) is 25.5. The van der Waals surface area contributed by atoms with E-state index >= 15 is 0 Å². The van der Waals surface area contributed by atoms with Crippen molar-refractivity contribution in [1.82, 2.24) is 9.62 Å². The van der Waals surface area contributed by atoms with Gasteiger partial charge in [-0.2, -0.15) is 30.6 Å². The van der Waals surface area contributed by atoms with Crippen molar-refractivity contribution in [3.05, 3.63) is 64.7 Å². The van der Waals surface area contributed by atoms with Crippen molar-refractivity contribution in [3.8, 4) is 0 Å². The van der Waals surface area contributed by atoms with Crippen LogP contribution in [0.15, 0.2) is 47.4 Å². The molecule has 5 nitrogen and oxygen atoms in total. The van der Waals surface area contributed by atoms with Crippen LogP contribution in [-0.2, 0) is 22.4 Å². The van der Waals surface area contributed by atoms with Crippen molar-refractivity contribution in [3.63, 3.8) is 0 Å². The normalized spacial score (nSPS) is 20.6. The molecule has 0 radical (unpaired) electrons. The first-order chi connectivity index (χ1) is 16.1. The van der Waals surface area contributed by atoms with E-state index in [1.54, 1.807) is 12.1 Å². The van der Waals surface area contributed by atoms with E-state index in [9.17, 15) is 39.6 Å². The molecule has 1 saturated carbocycles. The lowest BCUT2D eigenvalue weighted by Gasteiger charge is -2.32. The number of benzene rings is 2. The van der Waals surface area contributed by atoms with Gasteiger partial charge in [0.05, 0.1) is 16.0 Å². The fourth-order valence-electron chi connectivity index (χ4n) is 4.46. The van der Waals surface area contributed by atoms with Crippen LogP contribution in [0.2, 0.25) is 0 Å². The van der Waals surface area contributed by atoms with E-state index in [0.717, 1.165) is 5.56 Å². The summed E-state index contributed by atoms with van der Waals surface area (Å²) in [6.07, 6.45) is -8.79.